The zero-order valence-electron chi connectivity index (χ0n) is 9.30. The van der Waals surface area contributed by atoms with Gasteiger partial charge < -0.3 is 5.32 Å². The molecule has 6 heteroatoms. The summed E-state index contributed by atoms with van der Waals surface area (Å²) in [5, 5.41) is 7.01. The van der Waals surface area contributed by atoms with Crippen molar-refractivity contribution in [2.24, 2.45) is 7.05 Å². The molecule has 0 radical (unpaired) electrons. The normalized spacial score (nSPS) is 20.6. The van der Waals surface area contributed by atoms with Crippen LogP contribution in [0.15, 0.2) is 12.3 Å². The molecule has 0 spiro atoms. The van der Waals surface area contributed by atoms with Gasteiger partial charge in [0.15, 0.2) is 0 Å². The molecule has 1 aliphatic rings. The highest BCUT2D eigenvalue weighted by Gasteiger charge is 2.37. The van der Waals surface area contributed by atoms with E-state index in [4.69, 9.17) is 0 Å². The number of aromatic nitrogens is 2. The fourth-order valence-electron chi connectivity index (χ4n) is 1.82. The third-order valence-corrected chi connectivity index (χ3v) is 2.70. The topological polar surface area (TPSA) is 67.2 Å². The molecule has 0 aromatic carbocycles. The van der Waals surface area contributed by atoms with Crippen molar-refractivity contribution in [3.8, 4) is 0 Å². The molecular formula is C10H14N4O2. The predicted molar refractivity (Wildman–Crippen MR) is 57.6 cm³/mol. The monoisotopic (exact) mass is 222 g/mol. The summed E-state index contributed by atoms with van der Waals surface area (Å²) in [5.41, 5.74) is 0. The van der Waals surface area contributed by atoms with Gasteiger partial charge in [-0.25, -0.2) is 0 Å². The number of rotatable bonds is 3. The Morgan fingerprint density at radius 1 is 1.56 bits per heavy atom. The minimum Gasteiger partial charge on any atom is -0.358 e. The second-order valence-corrected chi connectivity index (χ2v) is 3.72. The highest BCUT2D eigenvalue weighted by molar-refractivity contribution is 6.06. The van der Waals surface area contributed by atoms with Crippen molar-refractivity contribution >= 4 is 17.6 Å². The van der Waals surface area contributed by atoms with E-state index in [1.807, 2.05) is 0 Å². The average molecular weight is 222 g/mol. The Balaban J connectivity index is 2.11. The van der Waals surface area contributed by atoms with E-state index in [2.05, 4.69) is 10.4 Å². The number of carbonyl (C=O) groups is 2. The number of nitrogens with zero attached hydrogens (tertiary/aromatic N) is 3. The summed E-state index contributed by atoms with van der Waals surface area (Å²) in [6.07, 6.45) is 1.86. The predicted octanol–water partition coefficient (Wildman–Crippen LogP) is -0.0206. The zero-order valence-corrected chi connectivity index (χ0v) is 9.30. The molecule has 0 bridgehead atoms. The van der Waals surface area contributed by atoms with E-state index in [1.54, 1.807) is 30.9 Å². The largest absolute Gasteiger partial charge is 0.358 e. The van der Waals surface area contributed by atoms with Crippen LogP contribution in [0.4, 0.5) is 5.82 Å². The van der Waals surface area contributed by atoms with Gasteiger partial charge >= 0.3 is 0 Å². The van der Waals surface area contributed by atoms with E-state index in [0.717, 1.165) is 5.82 Å². The van der Waals surface area contributed by atoms with Gasteiger partial charge in [-0.3, -0.25) is 19.2 Å². The van der Waals surface area contributed by atoms with E-state index in [-0.39, 0.29) is 18.2 Å². The third-order valence-electron chi connectivity index (χ3n) is 2.70. The highest BCUT2D eigenvalue weighted by Crippen LogP contribution is 2.17. The summed E-state index contributed by atoms with van der Waals surface area (Å²) in [7, 11) is 1.78. The molecular weight excluding hydrogens is 208 g/mol. The lowest BCUT2D eigenvalue weighted by molar-refractivity contribution is -0.138. The first-order valence-electron chi connectivity index (χ1n) is 5.22. The number of hydrogen-bond acceptors (Lipinski definition) is 4. The van der Waals surface area contributed by atoms with Crippen LogP contribution in [0.25, 0.3) is 0 Å². The highest BCUT2D eigenvalue weighted by atomic mass is 16.2. The van der Waals surface area contributed by atoms with Crippen molar-refractivity contribution in [3.63, 3.8) is 0 Å². The third kappa shape index (κ3) is 1.66. The smallest absolute Gasteiger partial charge is 0.252 e. The van der Waals surface area contributed by atoms with Crippen LogP contribution in [0.1, 0.15) is 13.3 Å². The van der Waals surface area contributed by atoms with Crippen molar-refractivity contribution in [3.05, 3.63) is 12.3 Å². The molecule has 1 fully saturated rings. The minimum absolute atomic E-state index is 0.118. The van der Waals surface area contributed by atoms with E-state index >= 15 is 0 Å². The number of aryl methyl sites for hydroxylation is 1. The number of imide groups is 1. The van der Waals surface area contributed by atoms with Crippen molar-refractivity contribution in [1.29, 1.82) is 0 Å². The van der Waals surface area contributed by atoms with E-state index in [0.29, 0.717) is 6.54 Å². The Hall–Kier alpha value is -1.85. The number of amides is 2. The summed E-state index contributed by atoms with van der Waals surface area (Å²) in [6, 6.07) is 1.31. The number of hydrogen-bond donors (Lipinski definition) is 1. The Bertz CT molecular complexity index is 426. The van der Waals surface area contributed by atoms with Crippen LogP contribution < -0.4 is 5.32 Å². The van der Waals surface area contributed by atoms with Gasteiger partial charge in [0.1, 0.15) is 11.9 Å². The maximum atomic E-state index is 11.8. The molecule has 1 aromatic rings. The lowest BCUT2D eigenvalue weighted by atomic mass is 10.2. The van der Waals surface area contributed by atoms with Crippen molar-refractivity contribution < 1.29 is 9.59 Å². The molecule has 86 valence electrons. The lowest BCUT2D eigenvalue weighted by Crippen LogP contribution is -2.34. The SMILES string of the molecule is CCN1C(=O)CC(Nc2ccnn2C)C1=O. The fraction of sp³-hybridized carbons (Fsp3) is 0.500. The van der Waals surface area contributed by atoms with E-state index < -0.39 is 6.04 Å². The molecule has 1 aliphatic heterocycles. The van der Waals surface area contributed by atoms with Crippen molar-refractivity contribution in [1.82, 2.24) is 14.7 Å². The summed E-state index contributed by atoms with van der Waals surface area (Å²) in [6.45, 7) is 2.23. The number of nitrogens with one attached hydrogen (secondary N) is 1. The van der Waals surface area contributed by atoms with Crippen LogP contribution in [-0.2, 0) is 16.6 Å². The number of carbonyl (C=O) groups excluding carboxylic acids is 2. The van der Waals surface area contributed by atoms with Gasteiger partial charge in [-0.2, -0.15) is 5.10 Å². The van der Waals surface area contributed by atoms with Gasteiger partial charge in [0.2, 0.25) is 5.91 Å². The zero-order chi connectivity index (χ0) is 11.7. The Kier molecular flexibility index (Phi) is 2.64. The molecule has 2 amide bonds. The summed E-state index contributed by atoms with van der Waals surface area (Å²) < 4.78 is 1.63. The van der Waals surface area contributed by atoms with Crippen LogP contribution in [0.5, 0.6) is 0 Å². The quantitative estimate of drug-likeness (QED) is 0.730. The molecule has 1 atom stereocenters. The molecule has 1 unspecified atom stereocenters. The van der Waals surface area contributed by atoms with Crippen molar-refractivity contribution in [2.75, 3.05) is 11.9 Å². The molecule has 6 nitrogen and oxygen atoms in total. The van der Waals surface area contributed by atoms with E-state index in [9.17, 15) is 9.59 Å². The molecule has 2 heterocycles. The van der Waals surface area contributed by atoms with Crippen LogP contribution >= 0.6 is 0 Å². The molecule has 1 N–H and O–H groups in total. The Morgan fingerprint density at radius 2 is 2.31 bits per heavy atom. The van der Waals surface area contributed by atoms with Gasteiger partial charge in [0, 0.05) is 19.7 Å². The molecule has 1 saturated heterocycles. The summed E-state index contributed by atoms with van der Waals surface area (Å²) in [5.74, 6) is 0.463. The van der Waals surface area contributed by atoms with Gasteiger partial charge in [0.05, 0.1) is 12.6 Å². The number of likely N-dealkylation sites (tertiary alicyclic amines) is 1. The Morgan fingerprint density at radius 3 is 2.81 bits per heavy atom. The number of likely N-dealkylation sites (N-methyl/N-ethyl adjacent to an activating group) is 1. The summed E-state index contributed by atoms with van der Waals surface area (Å²) >= 11 is 0. The van der Waals surface area contributed by atoms with Gasteiger partial charge in [-0.05, 0) is 6.92 Å². The minimum atomic E-state index is -0.456. The first kappa shape index (κ1) is 10.7. The van der Waals surface area contributed by atoms with Crippen LogP contribution in [0.2, 0.25) is 0 Å². The van der Waals surface area contributed by atoms with Crippen LogP contribution in [0, 0.1) is 0 Å². The second kappa shape index (κ2) is 3.96. The first-order chi connectivity index (χ1) is 7.63. The molecule has 0 saturated carbocycles. The van der Waals surface area contributed by atoms with Crippen LogP contribution in [-0.4, -0.2) is 39.1 Å². The average Bonchev–Trinajstić information content (AvgIpc) is 2.74. The lowest BCUT2D eigenvalue weighted by Gasteiger charge is -2.13. The standard InChI is InChI=1S/C10H14N4O2/c1-3-14-9(15)6-7(10(14)16)12-8-4-5-11-13(8)2/h4-5,7,12H,3,6H2,1-2H3. The van der Waals surface area contributed by atoms with Gasteiger partial charge in [-0.1, -0.05) is 0 Å². The second-order valence-electron chi connectivity index (χ2n) is 3.72. The molecule has 2 rings (SSSR count). The molecule has 1 aromatic heterocycles. The van der Waals surface area contributed by atoms with E-state index in [1.165, 1.54) is 4.90 Å². The maximum absolute atomic E-state index is 11.8. The van der Waals surface area contributed by atoms with Crippen LogP contribution in [0.3, 0.4) is 0 Å². The molecule has 16 heavy (non-hydrogen) atoms. The molecule has 0 aliphatic carbocycles. The Labute approximate surface area is 93.2 Å². The fourth-order valence-corrected chi connectivity index (χ4v) is 1.82. The first-order valence-corrected chi connectivity index (χ1v) is 5.22. The van der Waals surface area contributed by atoms with Crippen molar-refractivity contribution in [2.45, 2.75) is 19.4 Å². The number of anilines is 1. The maximum Gasteiger partial charge on any atom is 0.252 e. The summed E-state index contributed by atoms with van der Waals surface area (Å²) in [4.78, 5) is 24.6. The van der Waals surface area contributed by atoms with Gasteiger partial charge in [0.25, 0.3) is 5.91 Å². The van der Waals surface area contributed by atoms with Gasteiger partial charge in [-0.15, -0.1) is 0 Å².